The molecule has 0 amide bonds. The van der Waals surface area contributed by atoms with Crippen LogP contribution in [-0.4, -0.2) is 37.2 Å². The van der Waals surface area contributed by atoms with Crippen LogP contribution in [0.2, 0.25) is 0 Å². The van der Waals surface area contributed by atoms with Crippen molar-refractivity contribution < 1.29 is 28.6 Å². The first kappa shape index (κ1) is 74.6. The number of allylic oxidation sites excluding steroid dienone is 14. The van der Waals surface area contributed by atoms with Crippen LogP contribution in [0, 0.1) is 0 Å². The third-order valence-corrected chi connectivity index (χ3v) is 14.6. The van der Waals surface area contributed by atoms with Crippen molar-refractivity contribution >= 4 is 17.9 Å². The maximum Gasteiger partial charge on any atom is 0.306 e. The molecule has 1 atom stereocenters. The lowest BCUT2D eigenvalue weighted by Crippen LogP contribution is -2.30. The lowest BCUT2D eigenvalue weighted by molar-refractivity contribution is -0.167. The summed E-state index contributed by atoms with van der Waals surface area (Å²) in [5.74, 6) is -0.876. The van der Waals surface area contributed by atoms with E-state index in [1.807, 2.05) is 0 Å². The SMILES string of the molecule is CC/C=C\C/C=C\C/C=C\C/C=C\CCCCCCCCCCC(=O)OC(COC(=O)CCCCCCCCCC)COC(=O)CCCCCCCCCCCCCCCCCC/C=C\C/C=C\C/C=C\CCCCCCC. The molecule has 450 valence electrons. The van der Waals surface area contributed by atoms with Gasteiger partial charge in [-0.1, -0.05) is 305 Å². The fraction of sp³-hybridized carbons (Fsp3) is 0.764. The molecule has 1 unspecified atom stereocenters. The van der Waals surface area contributed by atoms with Crippen LogP contribution in [0.3, 0.4) is 0 Å². The van der Waals surface area contributed by atoms with E-state index in [1.54, 1.807) is 0 Å². The van der Waals surface area contributed by atoms with Gasteiger partial charge in [0.05, 0.1) is 0 Å². The quantitative estimate of drug-likeness (QED) is 0.0261. The second-order valence-electron chi connectivity index (χ2n) is 22.4. The Morgan fingerprint density at radius 2 is 0.500 bits per heavy atom. The van der Waals surface area contributed by atoms with Crippen LogP contribution in [0.5, 0.6) is 0 Å². The molecule has 0 heterocycles. The molecule has 0 N–H and O–H groups in total. The number of rotatable bonds is 61. The molecule has 0 aliphatic heterocycles. The smallest absolute Gasteiger partial charge is 0.306 e. The molecule has 0 aliphatic carbocycles. The van der Waals surface area contributed by atoms with E-state index in [4.69, 9.17) is 14.2 Å². The molecule has 0 rings (SSSR count). The van der Waals surface area contributed by atoms with E-state index in [-0.39, 0.29) is 31.1 Å². The van der Waals surface area contributed by atoms with Crippen molar-refractivity contribution in [2.45, 2.75) is 341 Å². The van der Waals surface area contributed by atoms with E-state index in [1.165, 1.54) is 193 Å². The molecule has 0 aliphatic rings. The van der Waals surface area contributed by atoms with E-state index in [0.29, 0.717) is 19.3 Å². The number of esters is 3. The Morgan fingerprint density at radius 3 is 0.782 bits per heavy atom. The zero-order valence-corrected chi connectivity index (χ0v) is 51.7. The minimum absolute atomic E-state index is 0.0767. The molecule has 0 aromatic heterocycles. The van der Waals surface area contributed by atoms with Gasteiger partial charge in [-0.2, -0.15) is 0 Å². The first-order chi connectivity index (χ1) is 38.5. The highest BCUT2D eigenvalue weighted by Crippen LogP contribution is 2.17. The Morgan fingerprint density at radius 1 is 0.269 bits per heavy atom. The van der Waals surface area contributed by atoms with Crippen molar-refractivity contribution in [1.82, 2.24) is 0 Å². The van der Waals surface area contributed by atoms with Crippen molar-refractivity contribution in [1.29, 1.82) is 0 Å². The normalized spacial score (nSPS) is 12.6. The van der Waals surface area contributed by atoms with Gasteiger partial charge in [0, 0.05) is 19.3 Å². The minimum atomic E-state index is -0.778. The van der Waals surface area contributed by atoms with Gasteiger partial charge < -0.3 is 14.2 Å². The Hall–Kier alpha value is -3.41. The standard InChI is InChI=1S/C72H126O6/c1-4-7-10-13-16-19-21-23-25-27-29-31-32-33-34-35-36-37-38-39-40-42-43-45-47-49-51-53-56-59-62-65-71(74)77-68-69(67-76-70(73)64-61-58-55-18-15-12-9-6-3)78-72(75)66-63-60-57-54-52-50-48-46-44-41-30-28-26-24-22-20-17-14-11-8-5-2/h8,11,17,20-21,23-24,26-27,29-30,32-33,41,69H,4-7,9-10,12-16,18-19,22,25,28,31,34-40,42-68H2,1-3H3/b11-8-,20-17-,23-21-,26-24-,29-27-,33-32-,41-30-. The average molecular weight is 1090 g/mol. The number of hydrogen-bond acceptors (Lipinski definition) is 6. The second kappa shape index (κ2) is 66.1. The Balaban J connectivity index is 4.10. The van der Waals surface area contributed by atoms with Crippen LogP contribution in [0.15, 0.2) is 85.1 Å². The molecule has 6 heteroatoms. The summed E-state index contributed by atoms with van der Waals surface area (Å²) in [6.07, 6.45) is 87.6. The van der Waals surface area contributed by atoms with E-state index in [0.717, 1.165) is 103 Å². The van der Waals surface area contributed by atoms with Crippen molar-refractivity contribution in [3.63, 3.8) is 0 Å². The zero-order valence-electron chi connectivity index (χ0n) is 51.7. The first-order valence-corrected chi connectivity index (χ1v) is 33.6. The summed E-state index contributed by atoms with van der Waals surface area (Å²) in [5.41, 5.74) is 0. The van der Waals surface area contributed by atoms with Gasteiger partial charge in [-0.25, -0.2) is 0 Å². The van der Waals surface area contributed by atoms with Crippen LogP contribution in [0.1, 0.15) is 335 Å². The van der Waals surface area contributed by atoms with Crippen LogP contribution in [-0.2, 0) is 28.6 Å². The van der Waals surface area contributed by atoms with E-state index >= 15 is 0 Å². The second-order valence-corrected chi connectivity index (χ2v) is 22.4. The number of carbonyl (C=O) groups is 3. The predicted octanol–water partition coefficient (Wildman–Crippen LogP) is 23.1. The van der Waals surface area contributed by atoms with Crippen molar-refractivity contribution in [2.75, 3.05) is 13.2 Å². The molecule has 0 bridgehead atoms. The highest BCUT2D eigenvalue weighted by molar-refractivity contribution is 5.71. The first-order valence-electron chi connectivity index (χ1n) is 33.6. The lowest BCUT2D eigenvalue weighted by atomic mass is 10.0. The molecule has 0 saturated carbocycles. The Bertz CT molecular complexity index is 1480. The number of unbranched alkanes of at least 4 members (excludes halogenated alkanes) is 36. The minimum Gasteiger partial charge on any atom is -0.462 e. The number of ether oxygens (including phenoxy) is 3. The monoisotopic (exact) mass is 1090 g/mol. The predicted molar refractivity (Wildman–Crippen MR) is 339 cm³/mol. The van der Waals surface area contributed by atoms with Crippen LogP contribution >= 0.6 is 0 Å². The van der Waals surface area contributed by atoms with Gasteiger partial charge in [-0.05, 0) is 96.3 Å². The van der Waals surface area contributed by atoms with Gasteiger partial charge >= 0.3 is 17.9 Å². The summed E-state index contributed by atoms with van der Waals surface area (Å²) in [6, 6.07) is 0. The molecule has 0 saturated heterocycles. The summed E-state index contributed by atoms with van der Waals surface area (Å²) >= 11 is 0. The van der Waals surface area contributed by atoms with Gasteiger partial charge in [0.2, 0.25) is 0 Å². The van der Waals surface area contributed by atoms with E-state index < -0.39 is 6.10 Å². The van der Waals surface area contributed by atoms with E-state index in [2.05, 4.69) is 106 Å². The van der Waals surface area contributed by atoms with Gasteiger partial charge in [0.25, 0.3) is 0 Å². The molecule has 78 heavy (non-hydrogen) atoms. The Labute approximate surface area is 484 Å². The van der Waals surface area contributed by atoms with Crippen LogP contribution < -0.4 is 0 Å². The molecule has 0 fully saturated rings. The summed E-state index contributed by atoms with van der Waals surface area (Å²) in [7, 11) is 0. The van der Waals surface area contributed by atoms with Gasteiger partial charge in [-0.3, -0.25) is 14.4 Å². The van der Waals surface area contributed by atoms with Gasteiger partial charge in [0.15, 0.2) is 6.10 Å². The van der Waals surface area contributed by atoms with E-state index in [9.17, 15) is 14.4 Å². The Kier molecular flexibility index (Phi) is 63.2. The largest absolute Gasteiger partial charge is 0.462 e. The van der Waals surface area contributed by atoms with Crippen molar-refractivity contribution in [3.8, 4) is 0 Å². The van der Waals surface area contributed by atoms with Crippen molar-refractivity contribution in [3.05, 3.63) is 85.1 Å². The summed E-state index contributed by atoms with van der Waals surface area (Å²) < 4.78 is 16.9. The summed E-state index contributed by atoms with van der Waals surface area (Å²) in [5, 5.41) is 0. The highest BCUT2D eigenvalue weighted by Gasteiger charge is 2.19. The molecule has 0 radical (unpaired) electrons. The third-order valence-electron chi connectivity index (χ3n) is 14.6. The zero-order chi connectivity index (χ0) is 56.4. The van der Waals surface area contributed by atoms with Crippen LogP contribution in [0.25, 0.3) is 0 Å². The fourth-order valence-electron chi connectivity index (χ4n) is 9.62. The average Bonchev–Trinajstić information content (AvgIpc) is 3.44. The highest BCUT2D eigenvalue weighted by atomic mass is 16.6. The fourth-order valence-corrected chi connectivity index (χ4v) is 9.62. The number of hydrogen-bond donors (Lipinski definition) is 0. The number of carbonyl (C=O) groups excluding carboxylic acids is 3. The molecular weight excluding hydrogens is 961 g/mol. The molecule has 0 aromatic rings. The maximum atomic E-state index is 12.9. The van der Waals surface area contributed by atoms with Gasteiger partial charge in [-0.15, -0.1) is 0 Å². The maximum absolute atomic E-state index is 12.9. The summed E-state index contributed by atoms with van der Waals surface area (Å²) in [4.78, 5) is 38.2. The third kappa shape index (κ3) is 63.4. The lowest BCUT2D eigenvalue weighted by Gasteiger charge is -2.18. The topological polar surface area (TPSA) is 78.9 Å². The molecule has 0 spiro atoms. The van der Waals surface area contributed by atoms with Crippen LogP contribution in [0.4, 0.5) is 0 Å². The van der Waals surface area contributed by atoms with Gasteiger partial charge in [0.1, 0.15) is 13.2 Å². The van der Waals surface area contributed by atoms with Crippen molar-refractivity contribution in [2.24, 2.45) is 0 Å². The summed E-state index contributed by atoms with van der Waals surface area (Å²) in [6.45, 7) is 6.51. The molecule has 6 nitrogen and oxygen atoms in total. The molecule has 0 aromatic carbocycles. The molecular formula is C72H126O6.